The summed E-state index contributed by atoms with van der Waals surface area (Å²) >= 11 is 1.40. The minimum Gasteiger partial charge on any atom is -0.312 e. The third kappa shape index (κ3) is 4.75. The van der Waals surface area contributed by atoms with Crippen molar-refractivity contribution in [2.75, 3.05) is 17.2 Å². The summed E-state index contributed by atoms with van der Waals surface area (Å²) in [7, 11) is 1.94. The molecule has 0 bridgehead atoms. The van der Waals surface area contributed by atoms with Crippen LogP contribution in [0, 0.1) is 6.92 Å². The van der Waals surface area contributed by atoms with Crippen LogP contribution in [0.25, 0.3) is 33.5 Å². The molecule has 0 saturated heterocycles. The van der Waals surface area contributed by atoms with Crippen LogP contribution < -0.4 is 4.90 Å². The first-order chi connectivity index (χ1) is 17.5. The van der Waals surface area contributed by atoms with E-state index < -0.39 is 0 Å². The van der Waals surface area contributed by atoms with Gasteiger partial charge in [-0.2, -0.15) is 0 Å². The Morgan fingerprint density at radius 1 is 0.944 bits per heavy atom. The average molecular weight is 494 g/mol. The Morgan fingerprint density at radius 3 is 2.42 bits per heavy atom. The number of para-hydroxylation sites is 2. The van der Waals surface area contributed by atoms with Gasteiger partial charge in [0.15, 0.2) is 11.0 Å². The Hall–Kier alpha value is -3.97. The number of hydrogen-bond donors (Lipinski definition) is 0. The van der Waals surface area contributed by atoms with Gasteiger partial charge in [-0.3, -0.25) is 4.79 Å². The second kappa shape index (κ2) is 10.3. The highest BCUT2D eigenvalue weighted by Crippen LogP contribution is 2.32. The summed E-state index contributed by atoms with van der Waals surface area (Å²) in [6, 6.07) is 28.2. The molecule has 180 valence electrons. The number of aryl methyl sites for hydroxylation is 1. The van der Waals surface area contributed by atoms with Crippen LogP contribution in [0.2, 0.25) is 0 Å². The summed E-state index contributed by atoms with van der Waals surface area (Å²) in [5.41, 5.74) is 5.91. The van der Waals surface area contributed by atoms with Crippen LogP contribution >= 0.6 is 11.8 Å². The maximum Gasteiger partial charge on any atom is 0.237 e. The molecule has 7 heteroatoms. The predicted molar refractivity (Wildman–Crippen MR) is 147 cm³/mol. The van der Waals surface area contributed by atoms with Crippen LogP contribution in [0.3, 0.4) is 0 Å². The molecule has 0 saturated carbocycles. The lowest BCUT2D eigenvalue weighted by Crippen LogP contribution is -2.32. The van der Waals surface area contributed by atoms with Crippen LogP contribution in [0.4, 0.5) is 5.69 Å². The molecular formula is C29H27N5OS. The minimum atomic E-state index is 0.0364. The summed E-state index contributed by atoms with van der Waals surface area (Å²) in [6.45, 7) is 4.67. The molecule has 0 aliphatic rings. The molecule has 5 rings (SSSR count). The Labute approximate surface area is 215 Å². The van der Waals surface area contributed by atoms with Crippen molar-refractivity contribution >= 4 is 34.3 Å². The molecule has 2 aromatic heterocycles. The van der Waals surface area contributed by atoms with Gasteiger partial charge < -0.3 is 9.47 Å². The molecule has 6 nitrogen and oxygen atoms in total. The zero-order valence-electron chi connectivity index (χ0n) is 20.5. The van der Waals surface area contributed by atoms with E-state index in [2.05, 4.69) is 53.5 Å². The van der Waals surface area contributed by atoms with E-state index in [1.165, 1.54) is 17.3 Å². The molecule has 36 heavy (non-hydrogen) atoms. The number of pyridine rings is 1. The maximum absolute atomic E-state index is 13.0. The fraction of sp³-hybridized carbons (Fsp3) is 0.172. The van der Waals surface area contributed by atoms with Gasteiger partial charge in [0, 0.05) is 35.8 Å². The number of rotatable bonds is 7. The maximum atomic E-state index is 13.0. The molecule has 1 amide bonds. The van der Waals surface area contributed by atoms with Crippen molar-refractivity contribution in [2.45, 2.75) is 19.0 Å². The topological polar surface area (TPSA) is 63.9 Å². The molecule has 5 aromatic rings. The molecule has 0 atom stereocenters. The molecular weight excluding hydrogens is 466 g/mol. The summed E-state index contributed by atoms with van der Waals surface area (Å²) < 4.78 is 1.96. The molecule has 0 aliphatic carbocycles. The Kier molecular flexibility index (Phi) is 6.82. The van der Waals surface area contributed by atoms with Gasteiger partial charge >= 0.3 is 0 Å². The van der Waals surface area contributed by atoms with Crippen molar-refractivity contribution in [3.8, 4) is 22.6 Å². The van der Waals surface area contributed by atoms with E-state index in [-0.39, 0.29) is 11.7 Å². The van der Waals surface area contributed by atoms with Gasteiger partial charge in [0.1, 0.15) is 0 Å². The second-order valence-electron chi connectivity index (χ2n) is 8.57. The highest BCUT2D eigenvalue weighted by Gasteiger charge is 2.19. The highest BCUT2D eigenvalue weighted by atomic mass is 32.2. The third-order valence-electron chi connectivity index (χ3n) is 6.15. The number of carbonyl (C=O) groups is 1. The van der Waals surface area contributed by atoms with Crippen LogP contribution in [0.15, 0.2) is 90.1 Å². The second-order valence-corrected chi connectivity index (χ2v) is 9.51. The number of anilines is 1. The van der Waals surface area contributed by atoms with Gasteiger partial charge in [0.05, 0.1) is 17.0 Å². The first-order valence-electron chi connectivity index (χ1n) is 11.9. The molecule has 0 fully saturated rings. The van der Waals surface area contributed by atoms with Gasteiger partial charge in [-0.05, 0) is 38.1 Å². The monoisotopic (exact) mass is 493 g/mol. The largest absolute Gasteiger partial charge is 0.312 e. The van der Waals surface area contributed by atoms with Crippen LogP contribution in [0.1, 0.15) is 12.5 Å². The summed E-state index contributed by atoms with van der Waals surface area (Å²) in [5, 5.41) is 10.7. The third-order valence-corrected chi connectivity index (χ3v) is 7.15. The van der Waals surface area contributed by atoms with Crippen molar-refractivity contribution in [3.05, 3.63) is 90.5 Å². The minimum absolute atomic E-state index is 0.0364. The first kappa shape index (κ1) is 23.8. The quantitative estimate of drug-likeness (QED) is 0.254. The smallest absolute Gasteiger partial charge is 0.237 e. The lowest BCUT2D eigenvalue weighted by molar-refractivity contribution is -0.116. The Balaban J connectivity index is 1.45. The average Bonchev–Trinajstić information content (AvgIpc) is 3.28. The van der Waals surface area contributed by atoms with Crippen LogP contribution in [0.5, 0.6) is 0 Å². The molecule has 0 aliphatic heterocycles. The number of hydrogen-bond acceptors (Lipinski definition) is 5. The fourth-order valence-electron chi connectivity index (χ4n) is 4.22. The normalized spacial score (nSPS) is 11.1. The molecule has 0 N–H and O–H groups in total. The summed E-state index contributed by atoms with van der Waals surface area (Å²) in [6.07, 6.45) is 0. The number of carbonyl (C=O) groups excluding carboxylic acids is 1. The number of nitrogens with zero attached hydrogens (tertiary/aromatic N) is 5. The van der Waals surface area contributed by atoms with Gasteiger partial charge in [-0.1, -0.05) is 78.0 Å². The zero-order valence-corrected chi connectivity index (χ0v) is 21.4. The molecule has 2 heterocycles. The van der Waals surface area contributed by atoms with Gasteiger partial charge in [0.2, 0.25) is 5.91 Å². The number of aromatic nitrogens is 4. The van der Waals surface area contributed by atoms with Gasteiger partial charge in [0.25, 0.3) is 0 Å². The van der Waals surface area contributed by atoms with Crippen molar-refractivity contribution in [3.63, 3.8) is 0 Å². The van der Waals surface area contributed by atoms with E-state index in [0.717, 1.165) is 39.2 Å². The molecule has 3 aromatic carbocycles. The lowest BCUT2D eigenvalue weighted by Gasteiger charge is -2.20. The van der Waals surface area contributed by atoms with Gasteiger partial charge in [-0.15, -0.1) is 10.2 Å². The Morgan fingerprint density at radius 2 is 1.67 bits per heavy atom. The van der Waals surface area contributed by atoms with E-state index >= 15 is 0 Å². The SMILES string of the molecule is CCN(C(=O)CSc1nnc(-c2cc(-c3ccc(C)cc3)nc3ccccc23)n1C)c1ccccc1. The number of benzene rings is 3. The van der Waals surface area contributed by atoms with Crippen LogP contribution in [-0.2, 0) is 11.8 Å². The number of amides is 1. The summed E-state index contributed by atoms with van der Waals surface area (Å²) in [5.74, 6) is 1.06. The van der Waals surface area contributed by atoms with Crippen LogP contribution in [-0.4, -0.2) is 38.0 Å². The highest BCUT2D eigenvalue weighted by molar-refractivity contribution is 7.99. The first-order valence-corrected chi connectivity index (χ1v) is 12.9. The standard InChI is InChI=1S/C29H27N5OS/c1-4-34(22-10-6-5-7-11-22)27(35)19-36-29-32-31-28(33(29)3)24-18-26(21-16-14-20(2)15-17-21)30-25-13-9-8-12-23(24)25/h5-18H,4,19H2,1-3H3. The van der Waals surface area contributed by atoms with Crippen molar-refractivity contribution in [2.24, 2.45) is 7.05 Å². The number of thioether (sulfide) groups is 1. The molecule has 0 radical (unpaired) electrons. The van der Waals surface area contributed by atoms with Crippen molar-refractivity contribution < 1.29 is 4.79 Å². The molecule has 0 spiro atoms. The molecule has 0 unspecified atom stereocenters. The van der Waals surface area contributed by atoms with E-state index in [9.17, 15) is 4.79 Å². The zero-order chi connectivity index (χ0) is 25.1. The van der Waals surface area contributed by atoms with E-state index in [0.29, 0.717) is 11.7 Å². The van der Waals surface area contributed by atoms with E-state index in [1.807, 2.05) is 67.1 Å². The lowest BCUT2D eigenvalue weighted by atomic mass is 10.0. The van der Waals surface area contributed by atoms with Gasteiger partial charge in [-0.25, -0.2) is 4.98 Å². The van der Waals surface area contributed by atoms with E-state index in [4.69, 9.17) is 4.98 Å². The van der Waals surface area contributed by atoms with Crippen molar-refractivity contribution in [1.29, 1.82) is 0 Å². The number of fused-ring (bicyclic) bond motifs is 1. The predicted octanol–water partition coefficient (Wildman–Crippen LogP) is 6.15. The van der Waals surface area contributed by atoms with Crippen molar-refractivity contribution in [1.82, 2.24) is 19.7 Å². The van der Waals surface area contributed by atoms with E-state index in [1.54, 1.807) is 4.90 Å². The Bertz CT molecular complexity index is 1510. The summed E-state index contributed by atoms with van der Waals surface area (Å²) in [4.78, 5) is 19.7. The fourth-order valence-corrected chi connectivity index (χ4v) is 5.01.